The van der Waals surface area contributed by atoms with Crippen LogP contribution in [0.3, 0.4) is 0 Å². The molecule has 0 bridgehead atoms. The van der Waals surface area contributed by atoms with Crippen LogP contribution in [0.5, 0.6) is 11.5 Å². The van der Waals surface area contributed by atoms with E-state index in [2.05, 4.69) is 9.47 Å². The minimum Gasteiger partial charge on any atom is -0.490 e. The molecule has 0 aliphatic heterocycles. The van der Waals surface area contributed by atoms with Crippen LogP contribution < -0.4 is 9.47 Å². The number of carbonyl (C=O) groups is 4. The molecule has 0 N–H and O–H groups in total. The lowest BCUT2D eigenvalue weighted by molar-refractivity contribution is -0.138. The van der Waals surface area contributed by atoms with Crippen LogP contribution >= 0.6 is 0 Å². The maximum atomic E-state index is 11.7. The van der Waals surface area contributed by atoms with E-state index in [0.29, 0.717) is 22.6 Å². The molecule has 0 spiro atoms. The number of hydrogen-bond donors (Lipinski definition) is 0. The molecule has 0 saturated carbocycles. The highest BCUT2D eigenvalue weighted by Gasteiger charge is 2.15. The Balaban J connectivity index is 1.89. The Morgan fingerprint density at radius 1 is 0.618 bits per heavy atom. The van der Waals surface area contributed by atoms with Gasteiger partial charge in [0.05, 0.1) is 14.2 Å². The first-order chi connectivity index (χ1) is 16.2. The van der Waals surface area contributed by atoms with Gasteiger partial charge in [-0.15, -0.1) is 0 Å². The number of ether oxygens (including phenoxy) is 4. The number of benzene rings is 2. The Hall–Kier alpha value is -4.20. The van der Waals surface area contributed by atoms with Gasteiger partial charge in [-0.2, -0.15) is 0 Å². The normalized spacial score (nSPS) is 11.4. The zero-order valence-electron chi connectivity index (χ0n) is 19.5. The van der Waals surface area contributed by atoms with Gasteiger partial charge in [-0.3, -0.25) is 9.59 Å². The summed E-state index contributed by atoms with van der Waals surface area (Å²) in [5, 5.41) is 0. The van der Waals surface area contributed by atoms with Crippen molar-refractivity contribution in [3.8, 4) is 11.5 Å². The Bertz CT molecular complexity index is 1000. The summed E-state index contributed by atoms with van der Waals surface area (Å²) in [6, 6.07) is 13.8. The molecule has 0 unspecified atom stereocenters. The van der Waals surface area contributed by atoms with E-state index in [9.17, 15) is 19.2 Å². The smallest absolute Gasteiger partial charge is 0.341 e. The maximum absolute atomic E-state index is 11.7. The van der Waals surface area contributed by atoms with E-state index in [1.807, 2.05) is 0 Å². The van der Waals surface area contributed by atoms with Crippen LogP contribution in [0.2, 0.25) is 0 Å². The maximum Gasteiger partial charge on any atom is 0.341 e. The second-order valence-electron chi connectivity index (χ2n) is 7.05. The van der Waals surface area contributed by atoms with Crippen molar-refractivity contribution in [3.63, 3.8) is 0 Å². The first kappa shape index (κ1) is 26.1. The van der Waals surface area contributed by atoms with E-state index < -0.39 is 11.9 Å². The highest BCUT2D eigenvalue weighted by atomic mass is 16.5. The van der Waals surface area contributed by atoms with Crippen molar-refractivity contribution in [1.82, 2.24) is 0 Å². The Morgan fingerprint density at radius 3 is 1.21 bits per heavy atom. The number of rotatable bonds is 11. The third kappa shape index (κ3) is 7.74. The van der Waals surface area contributed by atoms with Gasteiger partial charge < -0.3 is 18.9 Å². The second kappa shape index (κ2) is 12.7. The van der Waals surface area contributed by atoms with Crippen LogP contribution in [0.1, 0.15) is 25.0 Å². The predicted molar refractivity (Wildman–Crippen MR) is 125 cm³/mol. The van der Waals surface area contributed by atoms with Crippen molar-refractivity contribution in [2.24, 2.45) is 0 Å². The van der Waals surface area contributed by atoms with E-state index in [0.717, 1.165) is 0 Å². The largest absolute Gasteiger partial charge is 0.490 e. The van der Waals surface area contributed by atoms with Crippen LogP contribution in [-0.2, 0) is 28.7 Å². The third-order valence-corrected chi connectivity index (χ3v) is 4.57. The van der Waals surface area contributed by atoms with Crippen LogP contribution in [0, 0.1) is 0 Å². The lowest BCUT2D eigenvalue weighted by Crippen LogP contribution is -2.11. The molecule has 0 fully saturated rings. The highest BCUT2D eigenvalue weighted by molar-refractivity contribution is 6.20. The van der Waals surface area contributed by atoms with Gasteiger partial charge in [0, 0.05) is 0 Å². The molecule has 0 saturated heterocycles. The lowest BCUT2D eigenvalue weighted by Gasteiger charge is -2.09. The van der Waals surface area contributed by atoms with E-state index in [4.69, 9.17) is 9.47 Å². The van der Waals surface area contributed by atoms with Gasteiger partial charge in [0.25, 0.3) is 0 Å². The standard InChI is InChI=1S/C26H26O8/c1-17(27)23(25(29)31-3)15-19-5-9-21(10-6-19)33-13-14-34-22-11-7-20(8-12-22)16-24(18(2)28)26(30)32-4/h5-12,15-16H,13-14H2,1-4H3/b23-15-,24-16-. The minimum absolute atomic E-state index is 0.0334. The van der Waals surface area contributed by atoms with Gasteiger partial charge in [0.15, 0.2) is 11.6 Å². The summed E-state index contributed by atoms with van der Waals surface area (Å²) in [7, 11) is 2.44. The lowest BCUT2D eigenvalue weighted by atomic mass is 10.1. The zero-order chi connectivity index (χ0) is 25.1. The molecule has 2 aromatic rings. The molecule has 8 nitrogen and oxygen atoms in total. The fourth-order valence-electron chi connectivity index (χ4n) is 2.80. The Labute approximate surface area is 197 Å². The first-order valence-corrected chi connectivity index (χ1v) is 10.3. The van der Waals surface area contributed by atoms with Gasteiger partial charge in [-0.25, -0.2) is 9.59 Å². The van der Waals surface area contributed by atoms with E-state index in [1.54, 1.807) is 48.5 Å². The summed E-state index contributed by atoms with van der Waals surface area (Å²) in [5.41, 5.74) is 1.25. The number of Topliss-reactive ketones (excluding diaryl/α,β-unsaturated/α-hetero) is 2. The number of esters is 2. The van der Waals surface area contributed by atoms with Crippen LogP contribution in [-0.4, -0.2) is 50.9 Å². The van der Waals surface area contributed by atoms with Crippen LogP contribution in [0.4, 0.5) is 0 Å². The molecule has 178 valence electrons. The summed E-state index contributed by atoms with van der Waals surface area (Å²) >= 11 is 0. The molecule has 34 heavy (non-hydrogen) atoms. The molecule has 0 aromatic heterocycles. The molecular formula is C26H26O8. The number of hydrogen-bond acceptors (Lipinski definition) is 8. The van der Waals surface area contributed by atoms with Gasteiger partial charge in [-0.1, -0.05) is 24.3 Å². The topological polar surface area (TPSA) is 105 Å². The quantitative estimate of drug-likeness (QED) is 0.163. The molecular weight excluding hydrogens is 440 g/mol. The predicted octanol–water partition coefficient (Wildman–Crippen LogP) is 3.44. The summed E-state index contributed by atoms with van der Waals surface area (Å²) in [6.07, 6.45) is 2.93. The third-order valence-electron chi connectivity index (χ3n) is 4.57. The summed E-state index contributed by atoms with van der Waals surface area (Å²) in [6.45, 7) is 3.18. The second-order valence-corrected chi connectivity index (χ2v) is 7.05. The summed E-state index contributed by atoms with van der Waals surface area (Å²) < 4.78 is 20.5. The zero-order valence-corrected chi connectivity index (χ0v) is 19.5. The van der Waals surface area contributed by atoms with Crippen molar-refractivity contribution in [1.29, 1.82) is 0 Å². The highest BCUT2D eigenvalue weighted by Crippen LogP contribution is 2.17. The fourth-order valence-corrected chi connectivity index (χ4v) is 2.80. The average molecular weight is 466 g/mol. The number of ketones is 2. The van der Waals surface area contributed by atoms with Crippen LogP contribution in [0.25, 0.3) is 12.2 Å². The monoisotopic (exact) mass is 466 g/mol. The molecule has 0 amide bonds. The summed E-state index contributed by atoms with van der Waals surface area (Å²) in [5.74, 6) is -0.924. The van der Waals surface area contributed by atoms with Crippen molar-refractivity contribution >= 4 is 35.7 Å². The average Bonchev–Trinajstić information content (AvgIpc) is 2.84. The fraction of sp³-hybridized carbons (Fsp3) is 0.231. The molecule has 0 radical (unpaired) electrons. The molecule has 0 aliphatic rings. The molecule has 8 heteroatoms. The van der Waals surface area contributed by atoms with E-state index >= 15 is 0 Å². The van der Waals surface area contributed by atoms with Gasteiger partial charge in [0.1, 0.15) is 35.9 Å². The Kier molecular flexibility index (Phi) is 9.76. The van der Waals surface area contributed by atoms with E-state index in [1.165, 1.54) is 40.2 Å². The molecule has 0 atom stereocenters. The molecule has 0 heterocycles. The SMILES string of the molecule is COC(=O)/C(=C\c1ccc(OCCOc2ccc(/C=C(/C(C)=O)C(=O)OC)cc2)cc1)C(C)=O. The molecule has 2 rings (SSSR count). The Morgan fingerprint density at radius 2 is 0.941 bits per heavy atom. The van der Waals surface area contributed by atoms with Gasteiger partial charge >= 0.3 is 11.9 Å². The number of carbonyl (C=O) groups excluding carboxylic acids is 4. The van der Waals surface area contributed by atoms with Crippen molar-refractivity contribution in [2.75, 3.05) is 27.4 Å². The van der Waals surface area contributed by atoms with Crippen molar-refractivity contribution in [3.05, 3.63) is 70.8 Å². The minimum atomic E-state index is -0.684. The first-order valence-electron chi connectivity index (χ1n) is 10.3. The molecule has 0 aliphatic carbocycles. The molecule has 2 aromatic carbocycles. The summed E-state index contributed by atoms with van der Waals surface area (Å²) in [4.78, 5) is 46.5. The van der Waals surface area contributed by atoms with Crippen molar-refractivity contribution in [2.45, 2.75) is 13.8 Å². The van der Waals surface area contributed by atoms with Gasteiger partial charge in [0.2, 0.25) is 0 Å². The van der Waals surface area contributed by atoms with Crippen molar-refractivity contribution < 1.29 is 38.1 Å². The number of methoxy groups -OCH3 is 2. The van der Waals surface area contributed by atoms with Gasteiger partial charge in [-0.05, 0) is 61.4 Å². The van der Waals surface area contributed by atoms with E-state index in [-0.39, 0.29) is 35.9 Å². The van der Waals surface area contributed by atoms with Crippen LogP contribution in [0.15, 0.2) is 59.7 Å².